The molecule has 0 spiro atoms. The number of aromatic nitrogens is 1. The van der Waals surface area contributed by atoms with Crippen molar-refractivity contribution in [3.8, 4) is 0 Å². The average Bonchev–Trinajstić information content (AvgIpc) is 2.41. The highest BCUT2D eigenvalue weighted by Crippen LogP contribution is 2.20. The molecule has 1 amide bonds. The zero-order valence-corrected chi connectivity index (χ0v) is 12.4. The van der Waals surface area contributed by atoms with Crippen LogP contribution in [0.3, 0.4) is 0 Å². The lowest BCUT2D eigenvalue weighted by Gasteiger charge is -2.07. The molecule has 1 heterocycles. The van der Waals surface area contributed by atoms with Crippen LogP contribution in [-0.4, -0.2) is 22.0 Å². The van der Waals surface area contributed by atoms with Gasteiger partial charge in [0, 0.05) is 4.47 Å². The summed E-state index contributed by atoms with van der Waals surface area (Å²) < 4.78 is 14.2. The summed E-state index contributed by atoms with van der Waals surface area (Å²) in [5.41, 5.74) is 0.262. The van der Waals surface area contributed by atoms with Gasteiger partial charge in [-0.2, -0.15) is 0 Å². The molecule has 7 heteroatoms. The van der Waals surface area contributed by atoms with Crippen molar-refractivity contribution < 1.29 is 19.1 Å². The van der Waals surface area contributed by atoms with E-state index in [1.54, 1.807) is 6.07 Å². The number of amides is 1. The minimum atomic E-state index is -1.12. The summed E-state index contributed by atoms with van der Waals surface area (Å²) in [6, 6.07) is 6.79. The lowest BCUT2D eigenvalue weighted by atomic mass is 10.2. The van der Waals surface area contributed by atoms with Crippen LogP contribution in [0.15, 0.2) is 34.8 Å². The van der Waals surface area contributed by atoms with E-state index in [9.17, 15) is 14.0 Å². The number of carbonyl (C=O) groups is 2. The van der Waals surface area contributed by atoms with E-state index in [0.29, 0.717) is 4.47 Å². The smallest absolute Gasteiger partial charge is 0.337 e. The van der Waals surface area contributed by atoms with Crippen molar-refractivity contribution in [3.05, 3.63) is 57.6 Å². The van der Waals surface area contributed by atoms with E-state index in [1.165, 1.54) is 31.2 Å². The maximum atomic E-state index is 13.6. The first kappa shape index (κ1) is 15.1. The number of anilines is 1. The molecular weight excluding hydrogens is 343 g/mol. The van der Waals surface area contributed by atoms with Gasteiger partial charge >= 0.3 is 5.97 Å². The van der Waals surface area contributed by atoms with Crippen molar-refractivity contribution in [2.45, 2.75) is 6.92 Å². The fourth-order valence-corrected chi connectivity index (χ4v) is 2.02. The van der Waals surface area contributed by atoms with Crippen LogP contribution < -0.4 is 5.32 Å². The molecule has 21 heavy (non-hydrogen) atoms. The number of aromatic carboxylic acids is 1. The van der Waals surface area contributed by atoms with E-state index in [4.69, 9.17) is 5.11 Å². The van der Waals surface area contributed by atoms with Crippen LogP contribution in [0.25, 0.3) is 0 Å². The average molecular weight is 353 g/mol. The maximum Gasteiger partial charge on any atom is 0.337 e. The van der Waals surface area contributed by atoms with Gasteiger partial charge in [0.05, 0.1) is 16.9 Å². The Labute approximate surface area is 128 Å². The van der Waals surface area contributed by atoms with E-state index in [0.717, 1.165) is 0 Å². The van der Waals surface area contributed by atoms with Crippen molar-refractivity contribution in [2.75, 3.05) is 5.32 Å². The molecule has 0 saturated heterocycles. The van der Waals surface area contributed by atoms with Gasteiger partial charge in [-0.25, -0.2) is 14.2 Å². The first-order valence-electron chi connectivity index (χ1n) is 5.86. The van der Waals surface area contributed by atoms with Crippen LogP contribution in [0.2, 0.25) is 0 Å². The van der Waals surface area contributed by atoms with Crippen LogP contribution in [-0.2, 0) is 0 Å². The third kappa shape index (κ3) is 3.43. The number of aryl methyl sites for hydroxylation is 1. The number of rotatable bonds is 3. The van der Waals surface area contributed by atoms with Gasteiger partial charge in [-0.3, -0.25) is 4.79 Å². The Morgan fingerprint density at radius 1 is 1.29 bits per heavy atom. The summed E-state index contributed by atoms with van der Waals surface area (Å²) >= 11 is 3.12. The molecule has 0 saturated carbocycles. The molecule has 0 aliphatic carbocycles. The van der Waals surface area contributed by atoms with E-state index in [1.807, 2.05) is 0 Å². The number of nitrogens with zero attached hydrogens (tertiary/aromatic N) is 1. The second-order valence-corrected chi connectivity index (χ2v) is 5.13. The molecular formula is C14H10BrFN2O3. The van der Waals surface area contributed by atoms with Crippen LogP contribution in [0.1, 0.15) is 26.5 Å². The highest BCUT2D eigenvalue weighted by Gasteiger charge is 2.14. The molecule has 2 aromatic rings. The SMILES string of the molecule is Cc1nc(C(=O)Nc2ccc(Br)cc2F)ccc1C(=O)O. The largest absolute Gasteiger partial charge is 0.478 e. The van der Waals surface area contributed by atoms with Gasteiger partial charge in [-0.15, -0.1) is 0 Å². The van der Waals surface area contributed by atoms with Gasteiger partial charge in [0.2, 0.25) is 0 Å². The van der Waals surface area contributed by atoms with Crippen molar-refractivity contribution in [1.29, 1.82) is 0 Å². The number of hydrogen-bond donors (Lipinski definition) is 2. The number of halogens is 2. The van der Waals surface area contributed by atoms with Gasteiger partial charge in [-0.05, 0) is 37.3 Å². The van der Waals surface area contributed by atoms with E-state index >= 15 is 0 Å². The van der Waals surface area contributed by atoms with Gasteiger partial charge in [0.25, 0.3) is 5.91 Å². The van der Waals surface area contributed by atoms with Crippen molar-refractivity contribution in [1.82, 2.24) is 4.98 Å². The monoisotopic (exact) mass is 352 g/mol. The molecule has 2 N–H and O–H groups in total. The fraction of sp³-hybridized carbons (Fsp3) is 0.0714. The Bertz CT molecular complexity index is 734. The number of benzene rings is 1. The normalized spacial score (nSPS) is 10.2. The third-order valence-corrected chi connectivity index (χ3v) is 3.22. The molecule has 1 aromatic heterocycles. The number of carboxylic acids is 1. The molecule has 108 valence electrons. The standard InChI is InChI=1S/C14H10BrFN2O3/c1-7-9(14(20)21)3-5-12(17-7)13(19)18-11-4-2-8(15)6-10(11)16/h2-6H,1H3,(H,18,19)(H,20,21). The van der Waals surface area contributed by atoms with Crippen LogP contribution in [0.4, 0.5) is 10.1 Å². The van der Waals surface area contributed by atoms with Gasteiger partial charge in [-0.1, -0.05) is 15.9 Å². The summed E-state index contributed by atoms with van der Waals surface area (Å²) in [6.45, 7) is 1.49. The van der Waals surface area contributed by atoms with Crippen molar-refractivity contribution in [2.24, 2.45) is 0 Å². The van der Waals surface area contributed by atoms with Crippen LogP contribution >= 0.6 is 15.9 Å². The lowest BCUT2D eigenvalue weighted by molar-refractivity contribution is 0.0695. The minimum absolute atomic E-state index is 0.0137. The molecule has 0 aliphatic rings. The predicted molar refractivity (Wildman–Crippen MR) is 78.0 cm³/mol. The first-order valence-corrected chi connectivity index (χ1v) is 6.65. The summed E-state index contributed by atoms with van der Waals surface area (Å²) in [4.78, 5) is 26.8. The predicted octanol–water partition coefficient (Wildman–Crippen LogP) is 3.24. The zero-order chi connectivity index (χ0) is 15.6. The fourth-order valence-electron chi connectivity index (χ4n) is 1.69. The molecule has 2 rings (SSSR count). The molecule has 1 aromatic carbocycles. The Kier molecular flexibility index (Phi) is 4.32. The third-order valence-electron chi connectivity index (χ3n) is 2.73. The molecule has 5 nitrogen and oxygen atoms in total. The Hall–Kier alpha value is -2.28. The summed E-state index contributed by atoms with van der Waals surface area (Å²) in [7, 11) is 0. The van der Waals surface area contributed by atoms with Gasteiger partial charge < -0.3 is 10.4 Å². The van der Waals surface area contributed by atoms with Gasteiger partial charge in [0.15, 0.2) is 0 Å². The quantitative estimate of drug-likeness (QED) is 0.888. The molecule has 0 aliphatic heterocycles. The van der Waals surface area contributed by atoms with Crippen LogP contribution in [0.5, 0.6) is 0 Å². The highest BCUT2D eigenvalue weighted by molar-refractivity contribution is 9.10. The van der Waals surface area contributed by atoms with E-state index in [2.05, 4.69) is 26.2 Å². The number of hydrogen-bond acceptors (Lipinski definition) is 3. The number of pyridine rings is 1. The highest BCUT2D eigenvalue weighted by atomic mass is 79.9. The second-order valence-electron chi connectivity index (χ2n) is 4.21. The molecule has 0 radical (unpaired) electrons. The van der Waals surface area contributed by atoms with Crippen LogP contribution in [0, 0.1) is 12.7 Å². The van der Waals surface area contributed by atoms with Crippen molar-refractivity contribution in [3.63, 3.8) is 0 Å². The second kappa shape index (κ2) is 6.01. The Morgan fingerprint density at radius 2 is 2.00 bits per heavy atom. The summed E-state index contributed by atoms with van der Waals surface area (Å²) in [5.74, 6) is -2.32. The number of nitrogens with one attached hydrogen (secondary N) is 1. The molecule has 0 bridgehead atoms. The lowest BCUT2D eigenvalue weighted by Crippen LogP contribution is -2.16. The maximum absolute atomic E-state index is 13.6. The first-order chi connectivity index (χ1) is 9.88. The van der Waals surface area contributed by atoms with E-state index in [-0.39, 0.29) is 22.6 Å². The van der Waals surface area contributed by atoms with Gasteiger partial charge in [0.1, 0.15) is 11.5 Å². The Balaban J connectivity index is 2.24. The molecule has 0 fully saturated rings. The molecule has 0 atom stereocenters. The number of carboxylic acid groups (broad SMARTS) is 1. The number of carbonyl (C=O) groups excluding carboxylic acids is 1. The topological polar surface area (TPSA) is 79.3 Å². The van der Waals surface area contributed by atoms with Crippen molar-refractivity contribution >= 4 is 33.5 Å². The Morgan fingerprint density at radius 3 is 2.57 bits per heavy atom. The minimum Gasteiger partial charge on any atom is -0.478 e. The summed E-state index contributed by atoms with van der Waals surface area (Å²) in [5, 5.41) is 11.3. The molecule has 0 unspecified atom stereocenters. The zero-order valence-electron chi connectivity index (χ0n) is 10.9. The van der Waals surface area contributed by atoms with E-state index < -0.39 is 17.7 Å². The summed E-state index contributed by atoms with van der Waals surface area (Å²) in [6.07, 6.45) is 0.